The number of nitrogens with one attached hydrogen (secondary N) is 2. The molecule has 8 heteroatoms. The lowest BCUT2D eigenvalue weighted by molar-refractivity contribution is 0.171. The highest BCUT2D eigenvalue weighted by Crippen LogP contribution is 2.23. The van der Waals surface area contributed by atoms with Crippen LogP contribution in [0.4, 0.5) is 0 Å². The van der Waals surface area contributed by atoms with E-state index in [4.69, 9.17) is 9.47 Å². The third-order valence-electron chi connectivity index (χ3n) is 5.25. The Bertz CT molecular complexity index is 828. The second-order valence-electron chi connectivity index (χ2n) is 7.55. The molecule has 0 aliphatic carbocycles. The van der Waals surface area contributed by atoms with Crippen LogP contribution in [0.15, 0.2) is 34.6 Å². The minimum Gasteiger partial charge on any atom is -0.493 e. The van der Waals surface area contributed by atoms with Gasteiger partial charge in [0.1, 0.15) is 5.75 Å². The first-order valence-electron chi connectivity index (χ1n) is 10.6. The summed E-state index contributed by atoms with van der Waals surface area (Å²) in [6.07, 6.45) is 2.05. The molecule has 2 N–H and O–H groups in total. The number of aryl methyl sites for hydroxylation is 1. The van der Waals surface area contributed by atoms with Gasteiger partial charge in [0.15, 0.2) is 5.96 Å². The summed E-state index contributed by atoms with van der Waals surface area (Å²) in [5.41, 5.74) is 3.81. The quantitative estimate of drug-likeness (QED) is 0.201. The first kappa shape index (κ1) is 25.9. The van der Waals surface area contributed by atoms with Crippen LogP contribution in [0, 0.1) is 6.92 Å². The van der Waals surface area contributed by atoms with E-state index < -0.39 is 0 Å². The topological polar surface area (TPSA) is 58.1 Å². The minimum absolute atomic E-state index is 0. The molecule has 1 aliphatic rings. The number of rotatable bonds is 10. The van der Waals surface area contributed by atoms with E-state index in [1.807, 2.05) is 18.4 Å². The van der Waals surface area contributed by atoms with Crippen LogP contribution >= 0.6 is 35.3 Å². The molecule has 0 spiro atoms. The van der Waals surface area contributed by atoms with Gasteiger partial charge in [-0.1, -0.05) is 12.1 Å². The molecule has 31 heavy (non-hydrogen) atoms. The smallest absolute Gasteiger partial charge is 0.191 e. The maximum absolute atomic E-state index is 5.98. The molecule has 3 rings (SSSR count). The number of thiophene rings is 1. The molecule has 0 fully saturated rings. The van der Waals surface area contributed by atoms with Gasteiger partial charge >= 0.3 is 0 Å². The van der Waals surface area contributed by atoms with Crippen molar-refractivity contribution >= 4 is 41.3 Å². The van der Waals surface area contributed by atoms with Crippen LogP contribution in [0.3, 0.4) is 0 Å². The van der Waals surface area contributed by atoms with Gasteiger partial charge in [-0.3, -0.25) is 9.89 Å². The first-order valence-corrected chi connectivity index (χ1v) is 11.5. The van der Waals surface area contributed by atoms with Crippen LogP contribution in [-0.4, -0.2) is 57.9 Å². The highest BCUT2D eigenvalue weighted by Gasteiger charge is 2.16. The highest BCUT2D eigenvalue weighted by molar-refractivity contribution is 14.0. The standard InChI is InChI=1S/C23H34N4O2S.HI/c1-18-5-6-19(21(15-18)29-13-4-12-28-3)16-26-23(24-2)25-9-11-27-10-7-22-20(17-27)8-14-30-22;/h5-6,8,14-15H,4,7,9-13,16-17H2,1-3H3,(H2,24,25,26);1H. The minimum atomic E-state index is 0. The zero-order valence-electron chi connectivity index (χ0n) is 18.8. The molecule has 0 saturated carbocycles. The third kappa shape index (κ3) is 8.25. The number of hydrogen-bond acceptors (Lipinski definition) is 5. The van der Waals surface area contributed by atoms with Gasteiger partial charge in [-0.25, -0.2) is 0 Å². The summed E-state index contributed by atoms with van der Waals surface area (Å²) in [6.45, 7) is 8.18. The van der Waals surface area contributed by atoms with Crippen LogP contribution in [0.25, 0.3) is 0 Å². The molecule has 0 unspecified atom stereocenters. The maximum atomic E-state index is 5.98. The fraction of sp³-hybridized carbons (Fsp3) is 0.522. The average molecular weight is 559 g/mol. The lowest BCUT2D eigenvalue weighted by atomic mass is 10.1. The van der Waals surface area contributed by atoms with Gasteiger partial charge in [0, 0.05) is 70.3 Å². The molecular formula is C23H35IN4O2S. The Labute approximate surface area is 207 Å². The lowest BCUT2D eigenvalue weighted by Crippen LogP contribution is -2.42. The zero-order valence-corrected chi connectivity index (χ0v) is 21.9. The molecule has 2 aromatic rings. The van der Waals surface area contributed by atoms with Crippen molar-refractivity contribution in [3.63, 3.8) is 0 Å². The largest absolute Gasteiger partial charge is 0.493 e. The van der Waals surface area contributed by atoms with E-state index in [1.165, 1.54) is 17.5 Å². The fourth-order valence-corrected chi connectivity index (χ4v) is 4.45. The van der Waals surface area contributed by atoms with Gasteiger partial charge < -0.3 is 20.1 Å². The van der Waals surface area contributed by atoms with E-state index >= 15 is 0 Å². The molecule has 0 amide bonds. The molecule has 6 nitrogen and oxygen atoms in total. The van der Waals surface area contributed by atoms with Gasteiger partial charge in [0.2, 0.25) is 0 Å². The van der Waals surface area contributed by atoms with E-state index in [-0.39, 0.29) is 24.0 Å². The Kier molecular flexibility index (Phi) is 11.6. The summed E-state index contributed by atoms with van der Waals surface area (Å²) in [5, 5.41) is 9.06. The molecule has 0 atom stereocenters. The van der Waals surface area contributed by atoms with Crippen molar-refractivity contribution in [3.8, 4) is 5.75 Å². The molecule has 1 aromatic carbocycles. The summed E-state index contributed by atoms with van der Waals surface area (Å²) in [4.78, 5) is 8.42. The summed E-state index contributed by atoms with van der Waals surface area (Å²) < 4.78 is 11.1. The molecule has 1 aromatic heterocycles. The van der Waals surface area contributed by atoms with Crippen molar-refractivity contribution in [3.05, 3.63) is 51.2 Å². The Morgan fingerprint density at radius 1 is 1.23 bits per heavy atom. The summed E-state index contributed by atoms with van der Waals surface area (Å²) in [6, 6.07) is 8.59. The van der Waals surface area contributed by atoms with Crippen molar-refractivity contribution < 1.29 is 9.47 Å². The van der Waals surface area contributed by atoms with Crippen molar-refractivity contribution in [1.82, 2.24) is 15.5 Å². The van der Waals surface area contributed by atoms with Crippen molar-refractivity contribution in [1.29, 1.82) is 0 Å². The van der Waals surface area contributed by atoms with Gasteiger partial charge in [-0.15, -0.1) is 35.3 Å². The molecule has 0 radical (unpaired) electrons. The number of ether oxygens (including phenoxy) is 2. The second kappa shape index (κ2) is 13.9. The summed E-state index contributed by atoms with van der Waals surface area (Å²) in [5.74, 6) is 1.74. The monoisotopic (exact) mass is 558 g/mol. The Balaban J connectivity index is 0.00000341. The van der Waals surface area contributed by atoms with Crippen LogP contribution in [-0.2, 0) is 24.2 Å². The van der Waals surface area contributed by atoms with Crippen LogP contribution < -0.4 is 15.4 Å². The number of halogens is 1. The summed E-state index contributed by atoms with van der Waals surface area (Å²) in [7, 11) is 3.52. The van der Waals surface area contributed by atoms with Crippen molar-refractivity contribution in [2.75, 3.05) is 47.0 Å². The highest BCUT2D eigenvalue weighted by atomic mass is 127. The van der Waals surface area contributed by atoms with Gasteiger partial charge in [0.25, 0.3) is 0 Å². The molecule has 1 aliphatic heterocycles. The average Bonchev–Trinajstić information content (AvgIpc) is 3.22. The molecule has 0 bridgehead atoms. The van der Waals surface area contributed by atoms with Crippen LogP contribution in [0.1, 0.15) is 28.0 Å². The van der Waals surface area contributed by atoms with E-state index in [2.05, 4.69) is 57.1 Å². The van der Waals surface area contributed by atoms with E-state index in [0.717, 1.165) is 49.9 Å². The first-order chi connectivity index (χ1) is 14.7. The Hall–Kier alpha value is -1.36. The number of aliphatic imine (C=N–C) groups is 1. The summed E-state index contributed by atoms with van der Waals surface area (Å²) >= 11 is 1.89. The number of guanidine groups is 1. The second-order valence-corrected chi connectivity index (χ2v) is 8.55. The fourth-order valence-electron chi connectivity index (χ4n) is 3.56. The Morgan fingerprint density at radius 3 is 2.90 bits per heavy atom. The number of methoxy groups -OCH3 is 1. The van der Waals surface area contributed by atoms with Crippen molar-refractivity contribution in [2.45, 2.75) is 32.9 Å². The SMILES string of the molecule is CN=C(NCCN1CCc2sccc2C1)NCc1ccc(C)cc1OCCCOC.I. The zero-order chi connectivity index (χ0) is 21.2. The van der Waals surface area contributed by atoms with Crippen LogP contribution in [0.5, 0.6) is 5.75 Å². The van der Waals surface area contributed by atoms with Crippen LogP contribution in [0.2, 0.25) is 0 Å². The Morgan fingerprint density at radius 2 is 2.10 bits per heavy atom. The predicted molar refractivity (Wildman–Crippen MR) is 140 cm³/mol. The molecule has 172 valence electrons. The number of benzene rings is 1. The third-order valence-corrected chi connectivity index (χ3v) is 6.27. The number of hydrogen-bond donors (Lipinski definition) is 2. The molecule has 0 saturated heterocycles. The maximum Gasteiger partial charge on any atom is 0.191 e. The van der Waals surface area contributed by atoms with Crippen molar-refractivity contribution in [2.24, 2.45) is 4.99 Å². The van der Waals surface area contributed by atoms with E-state index in [9.17, 15) is 0 Å². The number of nitrogens with zero attached hydrogens (tertiary/aromatic N) is 2. The van der Waals surface area contributed by atoms with E-state index in [1.54, 1.807) is 12.0 Å². The molecular weight excluding hydrogens is 523 g/mol. The lowest BCUT2D eigenvalue weighted by Gasteiger charge is -2.27. The van der Waals surface area contributed by atoms with Gasteiger partial charge in [-0.2, -0.15) is 0 Å². The van der Waals surface area contributed by atoms with Gasteiger partial charge in [-0.05, 0) is 42.0 Å². The predicted octanol–water partition coefficient (Wildman–Crippen LogP) is 3.81. The van der Waals surface area contributed by atoms with E-state index in [0.29, 0.717) is 19.8 Å². The normalized spacial score (nSPS) is 14.0. The number of fused-ring (bicyclic) bond motifs is 1. The molecule has 2 heterocycles. The van der Waals surface area contributed by atoms with Gasteiger partial charge in [0.05, 0.1) is 6.61 Å².